The topological polar surface area (TPSA) is 38.9 Å². The molecule has 2 N–H and O–H groups in total. The monoisotopic (exact) mass is 186 g/mol. The Bertz CT molecular complexity index is 131. The minimum Gasteiger partial charge on any atom is -0.325 e. The van der Waals surface area contributed by atoms with Crippen LogP contribution in [0.2, 0.25) is 0 Å². The van der Waals surface area contributed by atoms with E-state index in [2.05, 4.69) is 4.98 Å². The second kappa shape index (κ2) is 6.29. The van der Waals surface area contributed by atoms with E-state index < -0.39 is 0 Å². The number of aromatic nitrogens is 1. The van der Waals surface area contributed by atoms with Gasteiger partial charge in [-0.05, 0) is 0 Å². The number of hydrogen-bond donors (Lipinski definition) is 1. The Balaban J connectivity index is 0. The minimum atomic E-state index is 0. The van der Waals surface area contributed by atoms with E-state index in [1.165, 1.54) is 0 Å². The summed E-state index contributed by atoms with van der Waals surface area (Å²) in [5.41, 5.74) is 5.24. The van der Waals surface area contributed by atoms with Gasteiger partial charge in [0.1, 0.15) is 5.01 Å². The largest absolute Gasteiger partial charge is 0.325 e. The van der Waals surface area contributed by atoms with E-state index in [4.69, 9.17) is 5.73 Å². The van der Waals surface area contributed by atoms with E-state index in [9.17, 15) is 0 Å². The van der Waals surface area contributed by atoms with Gasteiger partial charge in [0.2, 0.25) is 0 Å². The molecule has 1 aromatic heterocycles. The van der Waals surface area contributed by atoms with E-state index in [1.807, 2.05) is 5.38 Å². The van der Waals surface area contributed by atoms with Crippen LogP contribution >= 0.6 is 36.2 Å². The lowest BCUT2D eigenvalue weighted by molar-refractivity contribution is 1.04. The first-order chi connectivity index (χ1) is 3.43. The smallest absolute Gasteiger partial charge is 0.106 e. The van der Waals surface area contributed by atoms with Crippen molar-refractivity contribution in [2.75, 3.05) is 0 Å². The molecule has 5 heteroatoms. The summed E-state index contributed by atoms with van der Waals surface area (Å²) in [5, 5.41) is 2.92. The zero-order valence-electron chi connectivity index (χ0n) is 4.61. The Morgan fingerprint density at radius 3 is 2.44 bits per heavy atom. The van der Waals surface area contributed by atoms with Crippen molar-refractivity contribution in [1.82, 2.24) is 4.98 Å². The van der Waals surface area contributed by atoms with Gasteiger partial charge in [-0.1, -0.05) is 0 Å². The predicted octanol–water partition coefficient (Wildman–Crippen LogP) is 1.45. The molecule has 0 bridgehead atoms. The van der Waals surface area contributed by atoms with Crippen LogP contribution in [0.3, 0.4) is 0 Å². The van der Waals surface area contributed by atoms with Gasteiger partial charge in [0, 0.05) is 18.1 Å². The third-order valence-corrected chi connectivity index (χ3v) is 1.46. The molecule has 2 nitrogen and oxygen atoms in total. The fourth-order valence-electron chi connectivity index (χ4n) is 0.354. The fourth-order valence-corrected chi connectivity index (χ4v) is 0.851. The zero-order chi connectivity index (χ0) is 5.11. The maximum absolute atomic E-state index is 5.24. The summed E-state index contributed by atoms with van der Waals surface area (Å²) >= 11 is 1.59. The molecule has 0 aromatic carbocycles. The predicted molar refractivity (Wildman–Crippen MR) is 44.5 cm³/mol. The van der Waals surface area contributed by atoms with Crippen LogP contribution in [0.15, 0.2) is 11.6 Å². The van der Waals surface area contributed by atoms with Crippen LogP contribution in [-0.4, -0.2) is 4.98 Å². The van der Waals surface area contributed by atoms with Crippen molar-refractivity contribution in [3.63, 3.8) is 0 Å². The molecule has 9 heavy (non-hydrogen) atoms. The first-order valence-electron chi connectivity index (χ1n) is 2.02. The number of nitrogens with two attached hydrogens (primary N) is 1. The van der Waals surface area contributed by atoms with E-state index in [0.717, 1.165) is 5.01 Å². The molecule has 1 heterocycles. The molecule has 0 saturated carbocycles. The number of rotatable bonds is 1. The standard InChI is InChI=1S/C4H6N2S.2ClH/c5-3-4-6-1-2-7-4;;/h1-2H,3,5H2;2*1H. The second-order valence-corrected chi connectivity index (χ2v) is 2.11. The van der Waals surface area contributed by atoms with Crippen molar-refractivity contribution < 1.29 is 0 Å². The Morgan fingerprint density at radius 2 is 2.22 bits per heavy atom. The van der Waals surface area contributed by atoms with Gasteiger partial charge in [0.05, 0.1) is 0 Å². The van der Waals surface area contributed by atoms with Crippen molar-refractivity contribution >= 4 is 36.2 Å². The lowest BCUT2D eigenvalue weighted by atomic mass is 10.7. The first kappa shape index (κ1) is 11.9. The van der Waals surface area contributed by atoms with Crippen molar-refractivity contribution in [1.29, 1.82) is 0 Å². The second-order valence-electron chi connectivity index (χ2n) is 1.13. The summed E-state index contributed by atoms with van der Waals surface area (Å²) in [6, 6.07) is 0. The zero-order valence-corrected chi connectivity index (χ0v) is 7.06. The molecule has 0 fully saturated rings. The number of nitrogens with zero attached hydrogens (tertiary/aromatic N) is 1. The Kier molecular flexibility index (Phi) is 8.32. The summed E-state index contributed by atoms with van der Waals surface area (Å²) < 4.78 is 0. The van der Waals surface area contributed by atoms with Crippen LogP contribution < -0.4 is 5.73 Å². The van der Waals surface area contributed by atoms with Crippen molar-refractivity contribution in [3.8, 4) is 0 Å². The van der Waals surface area contributed by atoms with E-state index in [0.29, 0.717) is 6.54 Å². The molecular weight excluding hydrogens is 179 g/mol. The van der Waals surface area contributed by atoms with E-state index in [1.54, 1.807) is 17.5 Å². The quantitative estimate of drug-likeness (QED) is 0.722. The van der Waals surface area contributed by atoms with Crippen molar-refractivity contribution in [2.45, 2.75) is 6.54 Å². The molecule has 0 atom stereocenters. The summed E-state index contributed by atoms with van der Waals surface area (Å²) in [5.74, 6) is 0. The SMILES string of the molecule is Cl.Cl.NCc1nccs1. The third-order valence-electron chi connectivity index (χ3n) is 0.658. The third kappa shape index (κ3) is 3.70. The molecule has 0 amide bonds. The number of hydrogen-bond acceptors (Lipinski definition) is 3. The van der Waals surface area contributed by atoms with Gasteiger partial charge in [-0.25, -0.2) is 4.98 Å². The molecule has 0 aliphatic carbocycles. The Labute approximate surface area is 70.3 Å². The molecule has 0 aliphatic rings. The normalized spacial score (nSPS) is 7.22. The van der Waals surface area contributed by atoms with Gasteiger partial charge >= 0.3 is 0 Å². The van der Waals surface area contributed by atoms with Crippen molar-refractivity contribution in [3.05, 3.63) is 16.6 Å². The Hall–Kier alpha value is 0.170. The minimum absolute atomic E-state index is 0. The average molecular weight is 187 g/mol. The fraction of sp³-hybridized carbons (Fsp3) is 0.250. The summed E-state index contributed by atoms with van der Waals surface area (Å²) in [7, 11) is 0. The van der Waals surface area contributed by atoms with Crippen LogP contribution in [0.5, 0.6) is 0 Å². The van der Waals surface area contributed by atoms with Gasteiger partial charge in [-0.2, -0.15) is 0 Å². The molecule has 0 saturated heterocycles. The van der Waals surface area contributed by atoms with Crippen molar-refractivity contribution in [2.24, 2.45) is 5.73 Å². The number of thiazole rings is 1. The highest BCUT2D eigenvalue weighted by atomic mass is 35.5. The van der Waals surface area contributed by atoms with Gasteiger partial charge in [0.15, 0.2) is 0 Å². The van der Waals surface area contributed by atoms with Gasteiger partial charge < -0.3 is 5.73 Å². The maximum atomic E-state index is 5.24. The van der Waals surface area contributed by atoms with E-state index in [-0.39, 0.29) is 24.8 Å². The Morgan fingerprint density at radius 1 is 1.56 bits per heavy atom. The lowest BCUT2D eigenvalue weighted by Crippen LogP contribution is -1.93. The highest BCUT2D eigenvalue weighted by Crippen LogP contribution is 2.00. The van der Waals surface area contributed by atoms with Crippen LogP contribution in [0.4, 0.5) is 0 Å². The molecule has 1 rings (SSSR count). The highest BCUT2D eigenvalue weighted by Gasteiger charge is 1.84. The summed E-state index contributed by atoms with van der Waals surface area (Å²) in [6.07, 6.45) is 1.76. The molecular formula is C4H8Cl2N2S. The summed E-state index contributed by atoms with van der Waals surface area (Å²) in [4.78, 5) is 3.93. The molecule has 0 spiro atoms. The first-order valence-corrected chi connectivity index (χ1v) is 2.90. The van der Waals surface area contributed by atoms with Crippen LogP contribution in [0, 0.1) is 0 Å². The molecule has 0 radical (unpaired) electrons. The number of halogens is 2. The highest BCUT2D eigenvalue weighted by molar-refractivity contribution is 7.09. The van der Waals surface area contributed by atoms with Crippen LogP contribution in [0.1, 0.15) is 5.01 Å². The van der Waals surface area contributed by atoms with Gasteiger partial charge in [-0.15, -0.1) is 36.2 Å². The average Bonchev–Trinajstić information content (AvgIpc) is 2.14. The molecule has 1 aromatic rings. The lowest BCUT2D eigenvalue weighted by Gasteiger charge is -1.78. The molecule has 54 valence electrons. The molecule has 0 aliphatic heterocycles. The van der Waals surface area contributed by atoms with Gasteiger partial charge in [-0.3, -0.25) is 0 Å². The maximum Gasteiger partial charge on any atom is 0.106 e. The van der Waals surface area contributed by atoms with Gasteiger partial charge in [0.25, 0.3) is 0 Å². The van der Waals surface area contributed by atoms with Crippen LogP contribution in [0.25, 0.3) is 0 Å². The van der Waals surface area contributed by atoms with E-state index >= 15 is 0 Å². The van der Waals surface area contributed by atoms with Crippen LogP contribution in [-0.2, 0) is 6.54 Å². The molecule has 0 unspecified atom stereocenters. The summed E-state index contributed by atoms with van der Waals surface area (Å²) in [6.45, 7) is 0.567.